The fourth-order valence-electron chi connectivity index (χ4n) is 2.33. The molecule has 1 N–H and O–H groups in total. The molecular weight excluding hydrogens is 308 g/mol. The minimum atomic E-state index is -0.0276. The minimum absolute atomic E-state index is 0.0276. The smallest absolute Gasteiger partial charge is 0.230 e. The highest BCUT2D eigenvalue weighted by Crippen LogP contribution is 2.26. The number of amides is 1. The first-order valence-corrected chi connectivity index (χ1v) is 8.79. The first kappa shape index (κ1) is 17.3. The highest BCUT2D eigenvalue weighted by atomic mass is 32.2. The zero-order valence-electron chi connectivity index (χ0n) is 13.5. The van der Waals surface area contributed by atoms with E-state index in [1.807, 2.05) is 36.4 Å². The number of nitrogens with zero attached hydrogens (tertiary/aromatic N) is 1. The Morgan fingerprint density at radius 2 is 2.00 bits per heavy atom. The van der Waals surface area contributed by atoms with Crippen LogP contribution in [0.3, 0.4) is 0 Å². The molecule has 2 rings (SSSR count). The SMILES string of the molecule is CCC(NC(=O)CSCc1ccncc1)c1ccccc1OC. The number of carbonyl (C=O) groups excluding carboxylic acids is 1. The number of benzene rings is 1. The summed E-state index contributed by atoms with van der Waals surface area (Å²) < 4.78 is 5.39. The van der Waals surface area contributed by atoms with E-state index in [4.69, 9.17) is 4.74 Å². The predicted molar refractivity (Wildman–Crippen MR) is 94.6 cm³/mol. The predicted octanol–water partition coefficient (Wildman–Crippen LogP) is 3.59. The largest absolute Gasteiger partial charge is 0.496 e. The van der Waals surface area contributed by atoms with Gasteiger partial charge in [-0.3, -0.25) is 9.78 Å². The van der Waals surface area contributed by atoms with Gasteiger partial charge in [-0.2, -0.15) is 0 Å². The van der Waals surface area contributed by atoms with E-state index in [1.165, 1.54) is 5.56 Å². The fourth-order valence-corrected chi connectivity index (χ4v) is 3.13. The van der Waals surface area contributed by atoms with Crippen LogP contribution in [-0.2, 0) is 10.5 Å². The third kappa shape index (κ3) is 5.28. The van der Waals surface area contributed by atoms with Gasteiger partial charge in [0.25, 0.3) is 0 Å². The van der Waals surface area contributed by atoms with Gasteiger partial charge in [0.15, 0.2) is 0 Å². The molecule has 4 nitrogen and oxygen atoms in total. The van der Waals surface area contributed by atoms with Crippen molar-refractivity contribution in [3.63, 3.8) is 0 Å². The molecule has 1 amide bonds. The summed E-state index contributed by atoms with van der Waals surface area (Å²) in [5, 5.41) is 3.09. The molecular formula is C18H22N2O2S. The molecule has 0 spiro atoms. The number of hydrogen-bond donors (Lipinski definition) is 1. The van der Waals surface area contributed by atoms with Crippen molar-refractivity contribution in [3.05, 3.63) is 59.9 Å². The van der Waals surface area contributed by atoms with Crippen LogP contribution in [0.5, 0.6) is 5.75 Å². The molecule has 0 radical (unpaired) electrons. The maximum atomic E-state index is 12.2. The van der Waals surface area contributed by atoms with Crippen molar-refractivity contribution in [2.45, 2.75) is 25.1 Å². The average molecular weight is 330 g/mol. The quantitative estimate of drug-likeness (QED) is 0.803. The lowest BCUT2D eigenvalue weighted by molar-refractivity contribution is -0.119. The van der Waals surface area contributed by atoms with Crippen LogP contribution in [0.25, 0.3) is 0 Å². The van der Waals surface area contributed by atoms with Crippen LogP contribution in [0.1, 0.15) is 30.5 Å². The van der Waals surface area contributed by atoms with Crippen molar-refractivity contribution in [2.24, 2.45) is 0 Å². The molecule has 1 aromatic carbocycles. The molecule has 0 aliphatic carbocycles. The molecule has 0 bridgehead atoms. The molecule has 1 unspecified atom stereocenters. The van der Waals surface area contributed by atoms with Crippen molar-refractivity contribution in [1.82, 2.24) is 10.3 Å². The number of methoxy groups -OCH3 is 1. The van der Waals surface area contributed by atoms with Gasteiger partial charge < -0.3 is 10.1 Å². The minimum Gasteiger partial charge on any atom is -0.496 e. The lowest BCUT2D eigenvalue weighted by Gasteiger charge is -2.19. The van der Waals surface area contributed by atoms with Crippen LogP contribution in [0.15, 0.2) is 48.8 Å². The van der Waals surface area contributed by atoms with Crippen LogP contribution in [-0.4, -0.2) is 23.8 Å². The number of nitrogens with one attached hydrogen (secondary N) is 1. The zero-order chi connectivity index (χ0) is 16.5. The van der Waals surface area contributed by atoms with Crippen molar-refractivity contribution in [2.75, 3.05) is 12.9 Å². The van der Waals surface area contributed by atoms with E-state index in [0.717, 1.165) is 23.5 Å². The molecule has 5 heteroatoms. The second-order valence-corrected chi connectivity index (χ2v) is 6.10. The van der Waals surface area contributed by atoms with Crippen molar-refractivity contribution in [3.8, 4) is 5.75 Å². The topological polar surface area (TPSA) is 51.2 Å². The molecule has 1 atom stereocenters. The second-order valence-electron chi connectivity index (χ2n) is 5.12. The maximum absolute atomic E-state index is 12.2. The maximum Gasteiger partial charge on any atom is 0.230 e. The molecule has 0 saturated heterocycles. The van der Waals surface area contributed by atoms with E-state index in [-0.39, 0.29) is 11.9 Å². The van der Waals surface area contributed by atoms with Gasteiger partial charge in [-0.15, -0.1) is 11.8 Å². The molecule has 0 saturated carbocycles. The van der Waals surface area contributed by atoms with Crippen LogP contribution in [0.2, 0.25) is 0 Å². The van der Waals surface area contributed by atoms with Crippen molar-refractivity contribution >= 4 is 17.7 Å². The normalized spacial score (nSPS) is 11.7. The lowest BCUT2D eigenvalue weighted by atomic mass is 10.0. The number of hydrogen-bond acceptors (Lipinski definition) is 4. The van der Waals surface area contributed by atoms with Gasteiger partial charge in [0.05, 0.1) is 18.9 Å². The molecule has 23 heavy (non-hydrogen) atoms. The van der Waals surface area contributed by atoms with Crippen LogP contribution in [0.4, 0.5) is 0 Å². The third-order valence-electron chi connectivity index (χ3n) is 3.51. The molecule has 0 fully saturated rings. The number of rotatable bonds is 8. The second kappa shape index (κ2) is 9.20. The van der Waals surface area contributed by atoms with Gasteiger partial charge in [0.2, 0.25) is 5.91 Å². The Hall–Kier alpha value is -2.01. The van der Waals surface area contributed by atoms with E-state index in [0.29, 0.717) is 5.75 Å². The van der Waals surface area contributed by atoms with Crippen molar-refractivity contribution in [1.29, 1.82) is 0 Å². The summed E-state index contributed by atoms with van der Waals surface area (Å²) in [6.07, 6.45) is 4.36. The zero-order valence-corrected chi connectivity index (χ0v) is 14.3. The lowest BCUT2D eigenvalue weighted by Crippen LogP contribution is -2.29. The Morgan fingerprint density at radius 3 is 2.70 bits per heavy atom. The van der Waals surface area contributed by atoms with Gasteiger partial charge in [-0.1, -0.05) is 25.1 Å². The fraction of sp³-hybridized carbons (Fsp3) is 0.333. The van der Waals surface area contributed by atoms with E-state index < -0.39 is 0 Å². The Bertz CT molecular complexity index is 619. The summed E-state index contributed by atoms with van der Waals surface area (Å²) in [6.45, 7) is 2.06. The van der Waals surface area contributed by atoms with Gasteiger partial charge in [0.1, 0.15) is 5.75 Å². The summed E-state index contributed by atoms with van der Waals surface area (Å²) in [7, 11) is 1.65. The van der Waals surface area contributed by atoms with Crippen molar-refractivity contribution < 1.29 is 9.53 Å². The van der Waals surface area contributed by atoms with Crippen LogP contribution >= 0.6 is 11.8 Å². The molecule has 1 heterocycles. The van der Waals surface area contributed by atoms with Gasteiger partial charge in [0, 0.05) is 23.7 Å². The highest BCUT2D eigenvalue weighted by molar-refractivity contribution is 7.99. The number of pyridine rings is 1. The first-order chi connectivity index (χ1) is 11.2. The summed E-state index contributed by atoms with van der Waals surface area (Å²) in [5.41, 5.74) is 2.19. The van der Waals surface area contributed by atoms with E-state index in [1.54, 1.807) is 31.3 Å². The molecule has 0 aliphatic heterocycles. The first-order valence-electron chi connectivity index (χ1n) is 7.63. The van der Waals surface area contributed by atoms with Gasteiger partial charge >= 0.3 is 0 Å². The highest BCUT2D eigenvalue weighted by Gasteiger charge is 2.16. The molecule has 122 valence electrons. The Balaban J connectivity index is 1.87. The summed E-state index contributed by atoms with van der Waals surface area (Å²) in [5.74, 6) is 2.10. The number of aromatic nitrogens is 1. The van der Waals surface area contributed by atoms with E-state index in [9.17, 15) is 4.79 Å². The molecule has 2 aromatic rings. The Labute approximate surface area is 141 Å². The Kier molecular flexibility index (Phi) is 6.94. The summed E-state index contributed by atoms with van der Waals surface area (Å²) in [4.78, 5) is 16.2. The van der Waals surface area contributed by atoms with E-state index in [2.05, 4.69) is 17.2 Å². The number of carbonyl (C=O) groups is 1. The number of thioether (sulfide) groups is 1. The molecule has 1 aromatic heterocycles. The number of ether oxygens (including phenoxy) is 1. The average Bonchev–Trinajstić information content (AvgIpc) is 2.60. The third-order valence-corrected chi connectivity index (χ3v) is 4.51. The monoisotopic (exact) mass is 330 g/mol. The van der Waals surface area contributed by atoms with E-state index >= 15 is 0 Å². The summed E-state index contributed by atoms with van der Waals surface area (Å²) >= 11 is 1.60. The van der Waals surface area contributed by atoms with Crippen LogP contribution in [0, 0.1) is 0 Å². The summed E-state index contributed by atoms with van der Waals surface area (Å²) in [6, 6.07) is 11.7. The standard InChI is InChI=1S/C18H22N2O2S/c1-3-16(15-6-4-5-7-17(15)22-2)20-18(21)13-23-12-14-8-10-19-11-9-14/h4-11,16H,3,12-13H2,1-2H3,(H,20,21). The van der Waals surface area contributed by atoms with Crippen LogP contribution < -0.4 is 10.1 Å². The Morgan fingerprint density at radius 1 is 1.26 bits per heavy atom. The van der Waals surface area contributed by atoms with Gasteiger partial charge in [-0.25, -0.2) is 0 Å². The van der Waals surface area contributed by atoms with Gasteiger partial charge in [-0.05, 0) is 30.2 Å². The molecule has 0 aliphatic rings. The number of para-hydroxylation sites is 1.